The number of unbranched alkanes of at least 4 members (excludes halogenated alkanes) is 3. The molecule has 0 aliphatic carbocycles. The fraction of sp³-hybridized carbons (Fsp3) is 0.458. The van der Waals surface area contributed by atoms with Crippen LogP contribution in [0.25, 0.3) is 26.2 Å². The molecule has 2 amide bonds. The maximum absolute atomic E-state index is 13.4. The normalized spacial score (nSPS) is 14.8. The molecule has 0 fully saturated rings. The van der Waals surface area contributed by atoms with Crippen LogP contribution in [0.5, 0.6) is 17.2 Å². The molecule has 81 heavy (non-hydrogen) atoms. The number of rotatable bonds is 23. The second kappa shape index (κ2) is 29.5. The largest absolute Gasteiger partial charge is 0.534 e. The average molecular weight is 1290 g/mol. The van der Waals surface area contributed by atoms with E-state index in [9.17, 15) is 31.2 Å². The summed E-state index contributed by atoms with van der Waals surface area (Å²) < 4.78 is 95.3. The minimum Gasteiger partial charge on any atom is -0.493 e. The maximum atomic E-state index is 13.4. The van der Waals surface area contributed by atoms with E-state index in [0.717, 1.165) is 75.0 Å². The number of anilines is 2. The Hall–Kier alpha value is -5.78. The Balaban J connectivity index is 0.000000205. The number of carbonyl (C=O) groups excluding carboxylic acids is 2. The van der Waals surface area contributed by atoms with E-state index in [4.69, 9.17) is 18.9 Å². The number of alkyl halides is 3. The van der Waals surface area contributed by atoms with E-state index in [0.29, 0.717) is 48.3 Å². The van der Waals surface area contributed by atoms with Crippen LogP contribution in [0.2, 0.25) is 13.3 Å². The monoisotopic (exact) mass is 1290 g/mol. The first kappa shape index (κ1) is 64.4. The minimum atomic E-state index is -5.89. The third kappa shape index (κ3) is 15.7. The number of para-hydroxylation sites is 2. The summed E-state index contributed by atoms with van der Waals surface area (Å²) in [6.07, 6.45) is 12.2. The molecule has 6 aromatic rings. The number of hydrogen-bond donors (Lipinski definition) is 2. The first-order valence-electron chi connectivity index (χ1n) is 27.5. The zero-order chi connectivity index (χ0) is 59.1. The van der Waals surface area contributed by atoms with E-state index in [1.165, 1.54) is 66.9 Å². The third-order valence-electron chi connectivity index (χ3n) is 13.9. The Kier molecular flexibility index (Phi) is 23.4. The van der Waals surface area contributed by atoms with Crippen molar-refractivity contribution in [1.29, 1.82) is 0 Å². The van der Waals surface area contributed by atoms with Gasteiger partial charge >= 0.3 is 135 Å². The number of amides is 2. The number of ether oxygens (including phenoxy) is 4. The van der Waals surface area contributed by atoms with Crippen LogP contribution in [0, 0.1) is 0 Å². The van der Waals surface area contributed by atoms with Gasteiger partial charge in [-0.25, -0.2) is 0 Å². The van der Waals surface area contributed by atoms with Crippen LogP contribution in [0.1, 0.15) is 134 Å². The Morgan fingerprint density at radius 2 is 1.14 bits per heavy atom. The summed E-state index contributed by atoms with van der Waals surface area (Å²) in [6.45, 7) is 21.7. The van der Waals surface area contributed by atoms with Crippen molar-refractivity contribution in [3.05, 3.63) is 116 Å². The fourth-order valence-corrected chi connectivity index (χ4v) is 27.5. The fourth-order valence-electron chi connectivity index (χ4n) is 9.87. The summed E-state index contributed by atoms with van der Waals surface area (Å²) in [4.78, 5) is 39.6. The Bertz CT molecular complexity index is 3220. The van der Waals surface area contributed by atoms with Crippen molar-refractivity contribution in [2.24, 2.45) is 0 Å². The molecular formula is C59H77F3N6O9S3Sn. The molecule has 2 atom stereocenters. The van der Waals surface area contributed by atoms with Gasteiger partial charge < -0.3 is 38.8 Å². The zero-order valence-electron chi connectivity index (χ0n) is 47.9. The molecule has 2 aliphatic heterocycles. The minimum absolute atomic E-state index is 0.00607. The van der Waals surface area contributed by atoms with Gasteiger partial charge in [-0.3, -0.25) is 19.6 Å². The molecule has 15 nitrogen and oxygen atoms in total. The van der Waals surface area contributed by atoms with E-state index in [2.05, 4.69) is 65.6 Å². The summed E-state index contributed by atoms with van der Waals surface area (Å²) in [5.74, 6) is 0.926. The summed E-state index contributed by atoms with van der Waals surface area (Å²) in [5, 5.41) is 6.14. The van der Waals surface area contributed by atoms with Crippen molar-refractivity contribution in [2.75, 3.05) is 64.4 Å². The van der Waals surface area contributed by atoms with Crippen LogP contribution < -0.4 is 34.1 Å². The van der Waals surface area contributed by atoms with Crippen molar-refractivity contribution >= 4 is 101 Å². The van der Waals surface area contributed by atoms with Gasteiger partial charge in [0.25, 0.3) is 11.8 Å². The van der Waals surface area contributed by atoms with E-state index in [-0.39, 0.29) is 33.1 Å². The SMILES string of the molecule is C=C(OCC)c1ccnc2c(N(C)C)c(C(=O)N[C@H]3CCOc4ccccc43)sc12.C=[C](OCC)[Sn]([CH2]CCC)([CH2]CCC)[CH2]CCC.CN(C)c1c(C(=O)N[C@H]2CCOc3ccccc32)sc2c(OS(=O)(=O)C(F)(F)F)ccnc12. The predicted molar refractivity (Wildman–Crippen MR) is 323 cm³/mol. The zero-order valence-corrected chi connectivity index (χ0v) is 53.2. The molecule has 0 saturated heterocycles. The van der Waals surface area contributed by atoms with Crippen LogP contribution >= 0.6 is 22.7 Å². The van der Waals surface area contributed by atoms with Crippen LogP contribution in [-0.4, -0.2) is 109 Å². The Labute approximate surface area is 487 Å². The standard InChI is InChI=1S/C23H25N3O3S.C20H18F3N3O5S2.C4H7O.3C4H9.Sn/c1-5-28-14(2)15-10-12-24-19-20(26(3)4)22(30-21(15)19)23(27)25-17-11-13-29-18-9-7-6-8-16(17)18;1-26(2)16-15-17(14(7-9-24-15)31-33(28,29)20(21,22)23)32-18(16)19(27)25-12-8-10-30-13-6-4-3-5-11(12)13;1-3-5-4-2;3*1-3-4-2;/h6-10,12,17H,2,5,11,13H2,1,3-4H3,(H,25,27);3-7,9,12H,8,10H2,1-2H3,(H,25,27);1,4H2,2H3;3*1,3-4H2,2H3;/t17-;12-;;;;;/m00...../s1. The number of nitrogens with one attached hydrogen (secondary N) is 2. The van der Waals surface area contributed by atoms with Crippen LogP contribution in [-0.2, 0) is 19.6 Å². The third-order valence-corrected chi connectivity index (χ3v) is 32.3. The molecular weight excluding hydrogens is 1210 g/mol. The van der Waals surface area contributed by atoms with Crippen molar-refractivity contribution in [2.45, 2.75) is 117 Å². The predicted octanol–water partition coefficient (Wildman–Crippen LogP) is 14.4. The van der Waals surface area contributed by atoms with Gasteiger partial charge in [-0.15, -0.1) is 22.7 Å². The van der Waals surface area contributed by atoms with Gasteiger partial charge in [0.2, 0.25) is 0 Å². The molecule has 2 N–H and O–H groups in total. The number of thiophene rings is 2. The summed E-state index contributed by atoms with van der Waals surface area (Å²) in [5.41, 5.74) is -0.845. The summed E-state index contributed by atoms with van der Waals surface area (Å²) in [6, 6.07) is 17.6. The quantitative estimate of drug-likeness (QED) is 0.0269. The van der Waals surface area contributed by atoms with E-state index < -0.39 is 45.7 Å². The first-order chi connectivity index (χ1) is 38.7. The molecule has 2 aromatic carbocycles. The number of fused-ring (bicyclic) bond motifs is 4. The molecule has 0 bridgehead atoms. The van der Waals surface area contributed by atoms with Gasteiger partial charge in [0, 0.05) is 76.2 Å². The number of carbonyl (C=O) groups is 2. The van der Waals surface area contributed by atoms with Crippen molar-refractivity contribution in [3.63, 3.8) is 0 Å². The van der Waals surface area contributed by atoms with Crippen LogP contribution in [0.15, 0.2) is 90.0 Å². The molecule has 0 spiro atoms. The molecule has 6 heterocycles. The van der Waals surface area contributed by atoms with E-state index in [1.54, 1.807) is 31.3 Å². The average Bonchev–Trinajstić information content (AvgIpc) is 4.07. The number of nitrogens with zero attached hydrogens (tertiary/aromatic N) is 4. The van der Waals surface area contributed by atoms with Gasteiger partial charge in [-0.2, -0.15) is 21.6 Å². The second-order valence-corrected chi connectivity index (χ2v) is 36.8. The van der Waals surface area contributed by atoms with Crippen molar-refractivity contribution in [3.8, 4) is 17.2 Å². The molecule has 22 heteroatoms. The number of hydrogen-bond acceptors (Lipinski definition) is 15. The molecule has 0 saturated carbocycles. The number of aromatic nitrogens is 2. The van der Waals surface area contributed by atoms with Crippen molar-refractivity contribution in [1.82, 2.24) is 20.6 Å². The van der Waals surface area contributed by atoms with Gasteiger partial charge in [-0.05, 0) is 25.1 Å². The molecule has 4 aromatic heterocycles. The van der Waals surface area contributed by atoms with Gasteiger partial charge in [0.1, 0.15) is 38.0 Å². The number of halogens is 3. The molecule has 0 radical (unpaired) electrons. The molecule has 8 rings (SSSR count). The summed E-state index contributed by atoms with van der Waals surface area (Å²) >= 11 is -0.0164. The second-order valence-electron chi connectivity index (χ2n) is 20.1. The van der Waals surface area contributed by atoms with Crippen molar-refractivity contribution < 1.29 is 54.3 Å². The number of pyridine rings is 2. The topological polar surface area (TPSA) is 171 Å². The number of benzene rings is 2. The van der Waals surface area contributed by atoms with Crippen LogP contribution in [0.4, 0.5) is 24.5 Å². The Morgan fingerprint density at radius 3 is 1.58 bits per heavy atom. The Morgan fingerprint density at radius 1 is 0.691 bits per heavy atom. The van der Waals surface area contributed by atoms with Gasteiger partial charge in [0.15, 0.2) is 5.75 Å². The summed E-state index contributed by atoms with van der Waals surface area (Å²) in [7, 11) is 1.24. The molecule has 440 valence electrons. The smallest absolute Gasteiger partial charge is 0.493 e. The van der Waals surface area contributed by atoms with Crippen LogP contribution in [0.3, 0.4) is 0 Å². The van der Waals surface area contributed by atoms with Gasteiger partial charge in [-0.1, -0.05) is 43.0 Å². The maximum Gasteiger partial charge on any atom is 0.534 e. The van der Waals surface area contributed by atoms with Gasteiger partial charge in [0.05, 0.1) is 52.7 Å². The molecule has 2 aliphatic rings. The van der Waals surface area contributed by atoms with E-state index >= 15 is 0 Å². The molecule has 0 unspecified atom stereocenters. The van der Waals surface area contributed by atoms with E-state index in [1.807, 2.05) is 74.4 Å². The first-order valence-corrected chi connectivity index (χ1v) is 38.1.